The smallest absolute Gasteiger partial charge is 0.237 e. The Morgan fingerprint density at radius 1 is 1.41 bits per heavy atom. The summed E-state index contributed by atoms with van der Waals surface area (Å²) in [6, 6.07) is 0.316. The zero-order valence-corrected chi connectivity index (χ0v) is 11.4. The van der Waals surface area contributed by atoms with Crippen molar-refractivity contribution >= 4 is 17.7 Å². The Bertz CT molecular complexity index is 275. The van der Waals surface area contributed by atoms with Crippen LogP contribution in [0.5, 0.6) is 0 Å². The molecular weight excluding hydrogens is 236 g/mol. The molecule has 1 amide bonds. The van der Waals surface area contributed by atoms with E-state index >= 15 is 0 Å². The second-order valence-electron chi connectivity index (χ2n) is 4.93. The zero-order chi connectivity index (χ0) is 12.3. The lowest BCUT2D eigenvalue weighted by Crippen LogP contribution is -2.44. The van der Waals surface area contributed by atoms with Crippen molar-refractivity contribution in [3.8, 4) is 0 Å². The molecule has 1 heterocycles. The molecule has 0 aromatic carbocycles. The summed E-state index contributed by atoms with van der Waals surface area (Å²) in [6.45, 7) is 0.784. The number of thioether (sulfide) groups is 1. The van der Waals surface area contributed by atoms with Crippen LogP contribution in [-0.2, 0) is 9.53 Å². The second kappa shape index (κ2) is 6.07. The molecule has 98 valence electrons. The van der Waals surface area contributed by atoms with Crippen LogP contribution in [0.25, 0.3) is 0 Å². The van der Waals surface area contributed by atoms with E-state index in [1.54, 1.807) is 7.11 Å². The van der Waals surface area contributed by atoms with Gasteiger partial charge < -0.3 is 15.4 Å². The van der Waals surface area contributed by atoms with Crippen LogP contribution in [0, 0.1) is 0 Å². The number of carbonyl (C=O) groups is 1. The predicted molar refractivity (Wildman–Crippen MR) is 70.3 cm³/mol. The summed E-state index contributed by atoms with van der Waals surface area (Å²) in [5, 5.41) is 7.10. The summed E-state index contributed by atoms with van der Waals surface area (Å²) in [6.07, 6.45) is 6.60. The van der Waals surface area contributed by atoms with Crippen molar-refractivity contribution in [3.63, 3.8) is 0 Å². The maximum Gasteiger partial charge on any atom is 0.237 e. The lowest BCUT2D eigenvalue weighted by atomic mass is 10.1. The van der Waals surface area contributed by atoms with Gasteiger partial charge >= 0.3 is 0 Å². The minimum atomic E-state index is -0.0618. The number of hydrogen-bond acceptors (Lipinski definition) is 4. The molecule has 4 unspecified atom stereocenters. The number of ether oxygens (including phenoxy) is 1. The summed E-state index contributed by atoms with van der Waals surface area (Å²) < 4.78 is 5.25. The summed E-state index contributed by atoms with van der Waals surface area (Å²) in [7, 11) is 1.70. The third-order valence-electron chi connectivity index (χ3n) is 3.80. The van der Waals surface area contributed by atoms with Crippen LogP contribution in [0.1, 0.15) is 25.7 Å². The zero-order valence-electron chi connectivity index (χ0n) is 10.6. The van der Waals surface area contributed by atoms with Gasteiger partial charge in [0.1, 0.15) is 0 Å². The van der Waals surface area contributed by atoms with Gasteiger partial charge in [-0.1, -0.05) is 0 Å². The van der Waals surface area contributed by atoms with Crippen LogP contribution in [0.3, 0.4) is 0 Å². The highest BCUT2D eigenvalue weighted by atomic mass is 32.2. The van der Waals surface area contributed by atoms with Gasteiger partial charge in [-0.2, -0.15) is 11.8 Å². The van der Waals surface area contributed by atoms with E-state index in [9.17, 15) is 4.79 Å². The van der Waals surface area contributed by atoms with Crippen LogP contribution in [0.4, 0.5) is 0 Å². The number of nitrogens with one attached hydrogen (secondary N) is 2. The third kappa shape index (κ3) is 3.36. The number of carbonyl (C=O) groups excluding carboxylic acids is 1. The molecule has 1 aliphatic heterocycles. The SMILES string of the molecule is COC1CNC(C(=O)NC2CCC(SC)C2)C1. The lowest BCUT2D eigenvalue weighted by molar-refractivity contribution is -0.123. The molecule has 2 N–H and O–H groups in total. The standard InChI is InChI=1S/C12H22N2O2S/c1-16-9-6-11(13-7-9)12(15)14-8-3-4-10(5-8)17-2/h8-11,13H,3-7H2,1-2H3,(H,14,15). The monoisotopic (exact) mass is 258 g/mol. The number of rotatable bonds is 4. The third-order valence-corrected chi connectivity index (χ3v) is 4.90. The van der Waals surface area contributed by atoms with Crippen molar-refractivity contribution in [2.24, 2.45) is 0 Å². The van der Waals surface area contributed by atoms with Crippen LogP contribution >= 0.6 is 11.8 Å². The molecule has 1 saturated heterocycles. The molecular formula is C12H22N2O2S. The molecule has 0 aromatic rings. The van der Waals surface area contributed by atoms with Gasteiger partial charge in [-0.15, -0.1) is 0 Å². The maximum absolute atomic E-state index is 12.0. The fourth-order valence-electron chi connectivity index (χ4n) is 2.67. The highest BCUT2D eigenvalue weighted by Gasteiger charge is 2.32. The first-order chi connectivity index (χ1) is 8.22. The normalized spacial score (nSPS) is 37.3. The summed E-state index contributed by atoms with van der Waals surface area (Å²) in [5.74, 6) is 0.149. The molecule has 2 aliphatic rings. The van der Waals surface area contributed by atoms with Gasteiger partial charge in [0.25, 0.3) is 0 Å². The fourth-order valence-corrected chi connectivity index (χ4v) is 3.47. The first-order valence-corrected chi connectivity index (χ1v) is 7.61. The molecule has 2 rings (SSSR count). The molecule has 17 heavy (non-hydrogen) atoms. The molecule has 0 bridgehead atoms. The molecule has 2 fully saturated rings. The molecule has 1 saturated carbocycles. The lowest BCUT2D eigenvalue weighted by Gasteiger charge is -2.16. The Balaban J connectivity index is 1.74. The quantitative estimate of drug-likeness (QED) is 0.782. The number of hydrogen-bond donors (Lipinski definition) is 2. The number of methoxy groups -OCH3 is 1. The van der Waals surface area contributed by atoms with Gasteiger partial charge in [-0.3, -0.25) is 4.79 Å². The molecule has 4 atom stereocenters. The van der Waals surface area contributed by atoms with Gasteiger partial charge in [0.05, 0.1) is 12.1 Å². The van der Waals surface area contributed by atoms with E-state index < -0.39 is 0 Å². The van der Waals surface area contributed by atoms with Crippen LogP contribution in [0.2, 0.25) is 0 Å². The second-order valence-corrected chi connectivity index (χ2v) is 6.07. The fraction of sp³-hybridized carbons (Fsp3) is 0.917. The van der Waals surface area contributed by atoms with E-state index in [4.69, 9.17) is 4.74 Å². The van der Waals surface area contributed by atoms with Gasteiger partial charge in [0.15, 0.2) is 0 Å². The van der Waals surface area contributed by atoms with Crippen LogP contribution in [-0.4, -0.2) is 49.3 Å². The molecule has 0 spiro atoms. The summed E-state index contributed by atoms with van der Waals surface area (Å²) >= 11 is 1.91. The first-order valence-electron chi connectivity index (χ1n) is 6.32. The molecule has 0 aromatic heterocycles. The molecule has 0 radical (unpaired) electrons. The largest absolute Gasteiger partial charge is 0.380 e. The van der Waals surface area contributed by atoms with Gasteiger partial charge in [-0.05, 0) is 31.9 Å². The number of amides is 1. The minimum Gasteiger partial charge on any atom is -0.380 e. The summed E-state index contributed by atoms with van der Waals surface area (Å²) in [5.41, 5.74) is 0. The van der Waals surface area contributed by atoms with E-state index in [0.717, 1.165) is 31.1 Å². The van der Waals surface area contributed by atoms with Gasteiger partial charge in [0, 0.05) is 24.9 Å². The van der Waals surface area contributed by atoms with Crippen molar-refractivity contribution < 1.29 is 9.53 Å². The molecule has 4 nitrogen and oxygen atoms in total. The van der Waals surface area contributed by atoms with Crippen molar-refractivity contribution in [1.82, 2.24) is 10.6 Å². The average Bonchev–Trinajstić information content (AvgIpc) is 2.96. The van der Waals surface area contributed by atoms with Gasteiger partial charge in [0.2, 0.25) is 5.91 Å². The Morgan fingerprint density at radius 3 is 2.82 bits per heavy atom. The van der Waals surface area contributed by atoms with Crippen molar-refractivity contribution in [2.45, 2.75) is 49.1 Å². The maximum atomic E-state index is 12.0. The van der Waals surface area contributed by atoms with E-state index in [-0.39, 0.29) is 18.1 Å². The highest BCUT2D eigenvalue weighted by molar-refractivity contribution is 7.99. The molecule has 1 aliphatic carbocycles. The molecule has 5 heteroatoms. The Labute approximate surface area is 107 Å². The predicted octanol–water partition coefficient (Wildman–Crippen LogP) is 0.764. The Kier molecular flexibility index (Phi) is 4.70. The van der Waals surface area contributed by atoms with E-state index in [1.165, 1.54) is 6.42 Å². The minimum absolute atomic E-state index is 0.0618. The van der Waals surface area contributed by atoms with Crippen LogP contribution in [0.15, 0.2) is 0 Å². The van der Waals surface area contributed by atoms with Gasteiger partial charge in [-0.25, -0.2) is 0 Å². The summed E-state index contributed by atoms with van der Waals surface area (Å²) in [4.78, 5) is 12.0. The average molecular weight is 258 g/mol. The van der Waals surface area contributed by atoms with E-state index in [0.29, 0.717) is 6.04 Å². The van der Waals surface area contributed by atoms with E-state index in [1.807, 2.05) is 11.8 Å². The van der Waals surface area contributed by atoms with Crippen LogP contribution < -0.4 is 10.6 Å². The topological polar surface area (TPSA) is 50.4 Å². The first kappa shape index (κ1) is 13.2. The van der Waals surface area contributed by atoms with E-state index in [2.05, 4.69) is 16.9 Å². The Hall–Kier alpha value is -0.260. The van der Waals surface area contributed by atoms with Crippen molar-refractivity contribution in [2.75, 3.05) is 19.9 Å². The van der Waals surface area contributed by atoms with Crippen molar-refractivity contribution in [3.05, 3.63) is 0 Å². The Morgan fingerprint density at radius 2 is 2.24 bits per heavy atom. The van der Waals surface area contributed by atoms with Crippen molar-refractivity contribution in [1.29, 1.82) is 0 Å². The highest BCUT2D eigenvalue weighted by Crippen LogP contribution is 2.28.